The van der Waals surface area contributed by atoms with Gasteiger partial charge in [0.25, 0.3) is 11.5 Å². The number of fused-ring (bicyclic) bond motifs is 1. The Bertz CT molecular complexity index is 851. The predicted octanol–water partition coefficient (Wildman–Crippen LogP) is 2.06. The van der Waals surface area contributed by atoms with E-state index in [1.165, 1.54) is 12.5 Å². The Morgan fingerprint density at radius 3 is 2.77 bits per heavy atom. The van der Waals surface area contributed by atoms with Crippen molar-refractivity contribution in [1.82, 2.24) is 14.9 Å². The van der Waals surface area contributed by atoms with E-state index in [1.54, 1.807) is 4.90 Å². The van der Waals surface area contributed by atoms with Crippen LogP contribution in [0, 0.1) is 5.92 Å². The highest BCUT2D eigenvalue weighted by Crippen LogP contribution is 2.47. The van der Waals surface area contributed by atoms with Gasteiger partial charge in [-0.25, -0.2) is 4.98 Å². The molecule has 1 amide bonds. The molecule has 2 heterocycles. The molecule has 1 aromatic carbocycles. The minimum Gasteiger partial charge on any atom is -0.385 e. The molecule has 0 unspecified atom stereocenters. The van der Waals surface area contributed by atoms with E-state index < -0.39 is 11.2 Å². The van der Waals surface area contributed by atoms with E-state index in [9.17, 15) is 14.7 Å². The summed E-state index contributed by atoms with van der Waals surface area (Å²) in [5.41, 5.74) is -0.351. The Kier molecular flexibility index (Phi) is 4.36. The van der Waals surface area contributed by atoms with E-state index in [4.69, 9.17) is 0 Å². The van der Waals surface area contributed by atoms with Crippen LogP contribution in [0.15, 0.2) is 47.7 Å². The van der Waals surface area contributed by atoms with Crippen molar-refractivity contribution in [3.05, 3.63) is 64.3 Å². The summed E-state index contributed by atoms with van der Waals surface area (Å²) in [7, 11) is 0. The van der Waals surface area contributed by atoms with Crippen LogP contribution in [-0.2, 0) is 5.60 Å². The van der Waals surface area contributed by atoms with Gasteiger partial charge in [-0.3, -0.25) is 9.59 Å². The Hall–Kier alpha value is -2.47. The van der Waals surface area contributed by atoms with E-state index >= 15 is 0 Å². The summed E-state index contributed by atoms with van der Waals surface area (Å²) in [5.74, 6) is -0.307. The number of carbonyl (C=O) groups is 1. The molecule has 2 aromatic rings. The van der Waals surface area contributed by atoms with Gasteiger partial charge in [0.2, 0.25) is 0 Å². The monoisotopic (exact) mass is 353 g/mol. The van der Waals surface area contributed by atoms with Gasteiger partial charge in [0.15, 0.2) is 0 Å². The fourth-order valence-electron chi connectivity index (χ4n) is 4.67. The summed E-state index contributed by atoms with van der Waals surface area (Å²) in [6.07, 6.45) is 6.89. The molecule has 0 spiro atoms. The number of benzene rings is 1. The number of carbonyl (C=O) groups excluding carboxylic acids is 1. The first-order valence-electron chi connectivity index (χ1n) is 9.23. The minimum atomic E-state index is -0.926. The highest BCUT2D eigenvalue weighted by Gasteiger charge is 2.50. The Labute approximate surface area is 151 Å². The first kappa shape index (κ1) is 17.0. The van der Waals surface area contributed by atoms with E-state index in [1.807, 2.05) is 30.3 Å². The van der Waals surface area contributed by atoms with Crippen LogP contribution >= 0.6 is 0 Å². The summed E-state index contributed by atoms with van der Waals surface area (Å²) in [6, 6.07) is 9.70. The number of piperidine rings is 1. The molecule has 1 saturated heterocycles. The Morgan fingerprint density at radius 2 is 2.00 bits per heavy atom. The molecule has 1 saturated carbocycles. The number of likely N-dealkylation sites (tertiary alicyclic amines) is 1. The van der Waals surface area contributed by atoms with Crippen LogP contribution in [0.3, 0.4) is 0 Å². The lowest BCUT2D eigenvalue weighted by Gasteiger charge is -2.52. The number of aromatic amines is 1. The zero-order chi connectivity index (χ0) is 18.1. The van der Waals surface area contributed by atoms with E-state index in [-0.39, 0.29) is 23.4 Å². The largest absolute Gasteiger partial charge is 0.385 e. The molecule has 6 nitrogen and oxygen atoms in total. The summed E-state index contributed by atoms with van der Waals surface area (Å²) in [5, 5.41) is 11.5. The fourth-order valence-corrected chi connectivity index (χ4v) is 4.67. The highest BCUT2D eigenvalue weighted by molar-refractivity contribution is 5.93. The van der Waals surface area contributed by atoms with Gasteiger partial charge in [-0.1, -0.05) is 43.2 Å². The SMILES string of the molecule is O=C(c1cnc[nH]c1=O)N1CC[C@](O)(c2ccccc2)[C@H]2CCCC[C@H]21. The molecular formula is C20H23N3O3. The standard InChI is InChI=1S/C20H23N3O3/c24-18-15(12-21-13-22-18)19(25)23-11-10-20(26,14-6-2-1-3-7-14)16-8-4-5-9-17(16)23/h1-3,6-7,12-13,16-17,26H,4-5,8-11H2,(H,21,22,24)/t16-,17+,20-/m0/s1. The maximum Gasteiger partial charge on any atom is 0.263 e. The van der Waals surface area contributed by atoms with Crippen molar-refractivity contribution in [2.75, 3.05) is 6.54 Å². The third-order valence-corrected chi connectivity index (χ3v) is 5.96. The zero-order valence-corrected chi connectivity index (χ0v) is 14.6. The zero-order valence-electron chi connectivity index (χ0n) is 14.6. The molecule has 1 aliphatic heterocycles. The van der Waals surface area contributed by atoms with Crippen LogP contribution in [0.4, 0.5) is 0 Å². The van der Waals surface area contributed by atoms with E-state index in [0.717, 1.165) is 31.2 Å². The lowest BCUT2D eigenvalue weighted by atomic mass is 9.66. The van der Waals surface area contributed by atoms with Crippen molar-refractivity contribution in [3.63, 3.8) is 0 Å². The van der Waals surface area contributed by atoms with Gasteiger partial charge in [0.05, 0.1) is 11.9 Å². The average Bonchev–Trinajstić information content (AvgIpc) is 2.69. The fraction of sp³-hybridized carbons (Fsp3) is 0.450. The van der Waals surface area contributed by atoms with Crippen molar-refractivity contribution in [2.24, 2.45) is 5.92 Å². The van der Waals surface area contributed by atoms with Gasteiger partial charge in [-0.2, -0.15) is 0 Å². The first-order valence-corrected chi connectivity index (χ1v) is 9.23. The molecule has 4 rings (SSSR count). The summed E-state index contributed by atoms with van der Waals surface area (Å²) >= 11 is 0. The third kappa shape index (κ3) is 2.74. The van der Waals surface area contributed by atoms with Gasteiger partial charge in [0, 0.05) is 24.7 Å². The first-order chi connectivity index (χ1) is 12.6. The average molecular weight is 353 g/mol. The molecule has 0 radical (unpaired) electrons. The second-order valence-corrected chi connectivity index (χ2v) is 7.29. The molecule has 3 atom stereocenters. The summed E-state index contributed by atoms with van der Waals surface area (Å²) in [4.78, 5) is 33.2. The third-order valence-electron chi connectivity index (χ3n) is 5.96. The lowest BCUT2D eigenvalue weighted by Crippen LogP contribution is -2.59. The molecular weight excluding hydrogens is 330 g/mol. The molecule has 2 N–H and O–H groups in total. The van der Waals surface area contributed by atoms with Crippen LogP contribution < -0.4 is 5.56 Å². The van der Waals surface area contributed by atoms with Crippen LogP contribution in [-0.4, -0.2) is 38.5 Å². The molecule has 2 aliphatic rings. The van der Waals surface area contributed by atoms with Gasteiger partial charge < -0.3 is 15.0 Å². The number of aliphatic hydroxyl groups is 1. The molecule has 1 aromatic heterocycles. The van der Waals surface area contributed by atoms with E-state index in [2.05, 4.69) is 9.97 Å². The maximum absolute atomic E-state index is 13.0. The summed E-state index contributed by atoms with van der Waals surface area (Å²) in [6.45, 7) is 0.430. The molecule has 1 aliphatic carbocycles. The molecule has 6 heteroatoms. The van der Waals surface area contributed by atoms with Gasteiger partial charge >= 0.3 is 0 Å². The molecule has 136 valence electrons. The number of aromatic nitrogens is 2. The van der Waals surface area contributed by atoms with Crippen molar-refractivity contribution in [1.29, 1.82) is 0 Å². The quantitative estimate of drug-likeness (QED) is 0.865. The Balaban J connectivity index is 1.68. The van der Waals surface area contributed by atoms with E-state index in [0.29, 0.717) is 13.0 Å². The molecule has 2 fully saturated rings. The summed E-state index contributed by atoms with van der Waals surface area (Å²) < 4.78 is 0. The number of rotatable bonds is 2. The minimum absolute atomic E-state index is 0.0212. The van der Waals surface area contributed by atoms with Crippen LogP contribution in [0.2, 0.25) is 0 Å². The molecule has 26 heavy (non-hydrogen) atoms. The van der Waals surface area contributed by atoms with Crippen molar-refractivity contribution >= 4 is 5.91 Å². The van der Waals surface area contributed by atoms with Crippen molar-refractivity contribution in [3.8, 4) is 0 Å². The van der Waals surface area contributed by atoms with Gasteiger partial charge in [-0.05, 0) is 24.8 Å². The van der Waals surface area contributed by atoms with Crippen LogP contribution in [0.1, 0.15) is 48.0 Å². The van der Waals surface area contributed by atoms with Gasteiger partial charge in [-0.15, -0.1) is 0 Å². The second kappa shape index (κ2) is 6.68. The molecule has 0 bridgehead atoms. The smallest absolute Gasteiger partial charge is 0.263 e. The number of nitrogens with zero attached hydrogens (tertiary/aromatic N) is 2. The van der Waals surface area contributed by atoms with Crippen molar-refractivity contribution < 1.29 is 9.90 Å². The predicted molar refractivity (Wildman–Crippen MR) is 96.6 cm³/mol. The second-order valence-electron chi connectivity index (χ2n) is 7.29. The number of amides is 1. The lowest BCUT2D eigenvalue weighted by molar-refractivity contribution is -0.110. The number of hydrogen-bond acceptors (Lipinski definition) is 4. The Morgan fingerprint density at radius 1 is 1.23 bits per heavy atom. The van der Waals surface area contributed by atoms with Crippen LogP contribution in [0.25, 0.3) is 0 Å². The number of hydrogen-bond donors (Lipinski definition) is 2. The van der Waals surface area contributed by atoms with Crippen molar-refractivity contribution in [2.45, 2.75) is 43.7 Å². The normalized spacial score (nSPS) is 28.4. The maximum atomic E-state index is 13.0. The number of nitrogens with one attached hydrogen (secondary N) is 1. The topological polar surface area (TPSA) is 86.3 Å². The van der Waals surface area contributed by atoms with Gasteiger partial charge in [0.1, 0.15) is 5.56 Å². The highest BCUT2D eigenvalue weighted by atomic mass is 16.3. The van der Waals surface area contributed by atoms with Crippen LogP contribution in [0.5, 0.6) is 0 Å². The number of H-pyrrole nitrogens is 1.